The van der Waals surface area contributed by atoms with Crippen molar-refractivity contribution in [1.29, 1.82) is 0 Å². The number of hydrogen-bond donors (Lipinski definition) is 0. The highest BCUT2D eigenvalue weighted by molar-refractivity contribution is 9.08. The molecule has 0 spiro atoms. The number of esters is 1. The molecule has 0 saturated carbocycles. The lowest BCUT2D eigenvalue weighted by molar-refractivity contribution is 0.0454. The molecule has 1 aromatic heterocycles. The minimum atomic E-state index is -1.24. The van der Waals surface area contributed by atoms with E-state index in [0.717, 1.165) is 11.6 Å². The van der Waals surface area contributed by atoms with Crippen molar-refractivity contribution >= 4 is 40.9 Å². The van der Waals surface area contributed by atoms with Gasteiger partial charge < -0.3 is 9.47 Å². The molecule has 0 radical (unpaired) electrons. The zero-order chi connectivity index (χ0) is 19.3. The molecule has 0 bridgehead atoms. The molecule has 0 aliphatic rings. The molecule has 0 amide bonds. The molecule has 0 atom stereocenters. The molecule has 0 N–H and O–H groups in total. The van der Waals surface area contributed by atoms with E-state index in [1.54, 1.807) is 13.0 Å². The summed E-state index contributed by atoms with van der Waals surface area (Å²) in [6, 6.07) is 6.38. The van der Waals surface area contributed by atoms with Gasteiger partial charge in [0.05, 0.1) is 17.5 Å². The second-order valence-corrected chi connectivity index (χ2v) is 13.4. The van der Waals surface area contributed by atoms with Gasteiger partial charge in [-0.25, -0.2) is 9.78 Å². The third kappa shape index (κ3) is 5.02. The first-order valence-electron chi connectivity index (χ1n) is 8.61. The summed E-state index contributed by atoms with van der Waals surface area (Å²) in [6.45, 7) is 9.23. The monoisotopic (exact) mass is 440 g/mol. The van der Waals surface area contributed by atoms with E-state index in [0.29, 0.717) is 22.8 Å². The Bertz CT molecular complexity index is 845. The Balaban J connectivity index is 2.46. The average Bonchev–Trinajstić information content (AvgIpc) is 2.58. The maximum atomic E-state index is 13.1. The Hall–Kier alpha value is -1.51. The van der Waals surface area contributed by atoms with Crippen molar-refractivity contribution in [2.45, 2.75) is 44.7 Å². The second kappa shape index (κ2) is 8.92. The van der Waals surface area contributed by atoms with E-state index in [2.05, 4.69) is 40.6 Å². The summed E-state index contributed by atoms with van der Waals surface area (Å²) in [4.78, 5) is 29.7. The zero-order valence-corrected chi connectivity index (χ0v) is 18.3. The first kappa shape index (κ1) is 20.8. The normalized spacial score (nSPS) is 11.7. The number of rotatable bonds is 8. The molecule has 0 fully saturated rings. The maximum Gasteiger partial charge on any atom is 0.374 e. The lowest BCUT2D eigenvalue weighted by Gasteiger charge is -2.17. The van der Waals surface area contributed by atoms with Crippen LogP contribution in [-0.2, 0) is 21.5 Å². The van der Waals surface area contributed by atoms with E-state index in [1.165, 1.54) is 4.57 Å². The average molecular weight is 441 g/mol. The van der Waals surface area contributed by atoms with Crippen LogP contribution in [0.1, 0.15) is 23.1 Å². The molecule has 0 aliphatic heterocycles. The molecule has 0 unspecified atom stereocenters. The van der Waals surface area contributed by atoms with Crippen LogP contribution < -0.4 is 5.56 Å². The van der Waals surface area contributed by atoms with E-state index in [1.807, 2.05) is 12.1 Å². The molecule has 2 aromatic rings. The third-order valence-electron chi connectivity index (χ3n) is 3.89. The number of carbonyl (C=O) groups is 1. The smallest absolute Gasteiger partial charge is 0.374 e. The second-order valence-electron chi connectivity index (χ2n) is 7.18. The molecule has 0 aliphatic carbocycles. The van der Waals surface area contributed by atoms with Crippen molar-refractivity contribution < 1.29 is 14.3 Å². The van der Waals surface area contributed by atoms with Gasteiger partial charge in [0.25, 0.3) is 5.56 Å². The van der Waals surface area contributed by atoms with Gasteiger partial charge in [0.1, 0.15) is 6.73 Å². The van der Waals surface area contributed by atoms with Gasteiger partial charge in [-0.3, -0.25) is 9.36 Å². The Kier molecular flexibility index (Phi) is 7.13. The number of fused-ring (bicyclic) bond motifs is 1. The van der Waals surface area contributed by atoms with E-state index in [9.17, 15) is 9.59 Å². The predicted molar refractivity (Wildman–Crippen MR) is 109 cm³/mol. The number of ether oxygens (including phenoxy) is 2. The molecule has 1 aromatic carbocycles. The van der Waals surface area contributed by atoms with Gasteiger partial charge in [-0.1, -0.05) is 47.7 Å². The largest absolute Gasteiger partial charge is 0.460 e. The van der Waals surface area contributed by atoms with Crippen LogP contribution >= 0.6 is 15.9 Å². The van der Waals surface area contributed by atoms with Crippen molar-refractivity contribution in [3.8, 4) is 0 Å². The SMILES string of the molecule is CCOC(=O)c1nc2cccc(CBr)c2c(=O)n1COCC[Si](C)(C)C. The summed E-state index contributed by atoms with van der Waals surface area (Å²) in [5, 5.41) is 1.02. The summed E-state index contributed by atoms with van der Waals surface area (Å²) in [7, 11) is -1.24. The van der Waals surface area contributed by atoms with Crippen molar-refractivity contribution in [3.05, 3.63) is 39.9 Å². The predicted octanol–water partition coefficient (Wildman–Crippen LogP) is 3.78. The van der Waals surface area contributed by atoms with E-state index in [4.69, 9.17) is 9.47 Å². The standard InChI is InChI=1S/C18H25BrN2O4Si/c1-5-25-18(23)16-20-14-8-6-7-13(11-19)15(14)17(22)21(16)12-24-9-10-26(2,3)4/h6-8H,5,9-12H2,1-4H3. The Labute approximate surface area is 162 Å². The van der Waals surface area contributed by atoms with E-state index in [-0.39, 0.29) is 24.7 Å². The fourth-order valence-corrected chi connectivity index (χ4v) is 3.67. The molecular formula is C18H25BrN2O4Si. The van der Waals surface area contributed by atoms with E-state index < -0.39 is 14.0 Å². The molecule has 2 rings (SSSR count). The van der Waals surface area contributed by atoms with Crippen LogP contribution in [0.15, 0.2) is 23.0 Å². The lowest BCUT2D eigenvalue weighted by Crippen LogP contribution is -2.31. The Morgan fingerprint density at radius 3 is 2.65 bits per heavy atom. The highest BCUT2D eigenvalue weighted by atomic mass is 79.9. The summed E-state index contributed by atoms with van der Waals surface area (Å²) < 4.78 is 12.1. The number of nitrogens with zero attached hydrogens (tertiary/aromatic N) is 2. The van der Waals surface area contributed by atoms with Gasteiger partial charge in [0.2, 0.25) is 5.82 Å². The molecule has 0 saturated heterocycles. The number of carbonyl (C=O) groups excluding carboxylic acids is 1. The third-order valence-corrected chi connectivity index (χ3v) is 6.20. The first-order valence-corrected chi connectivity index (χ1v) is 13.4. The minimum absolute atomic E-state index is 0.0168. The van der Waals surface area contributed by atoms with Crippen molar-refractivity contribution in [3.63, 3.8) is 0 Å². The highest BCUT2D eigenvalue weighted by Crippen LogP contribution is 2.17. The Morgan fingerprint density at radius 2 is 2.04 bits per heavy atom. The topological polar surface area (TPSA) is 70.4 Å². The van der Waals surface area contributed by atoms with Crippen molar-refractivity contribution in [2.24, 2.45) is 0 Å². The van der Waals surface area contributed by atoms with Crippen LogP contribution in [0.4, 0.5) is 0 Å². The van der Waals surface area contributed by atoms with Gasteiger partial charge in [0.15, 0.2) is 0 Å². The quantitative estimate of drug-likeness (QED) is 0.270. The minimum Gasteiger partial charge on any atom is -0.460 e. The van der Waals surface area contributed by atoms with Gasteiger partial charge in [-0.15, -0.1) is 0 Å². The number of benzene rings is 1. The van der Waals surface area contributed by atoms with Crippen LogP contribution in [0, 0.1) is 0 Å². The van der Waals surface area contributed by atoms with Crippen LogP contribution in [0.2, 0.25) is 25.7 Å². The molecule has 26 heavy (non-hydrogen) atoms. The van der Waals surface area contributed by atoms with Crippen molar-refractivity contribution in [1.82, 2.24) is 9.55 Å². The zero-order valence-electron chi connectivity index (χ0n) is 15.7. The summed E-state index contributed by atoms with van der Waals surface area (Å²) in [5.41, 5.74) is 1.01. The van der Waals surface area contributed by atoms with Gasteiger partial charge >= 0.3 is 5.97 Å². The summed E-state index contributed by atoms with van der Waals surface area (Å²) >= 11 is 3.40. The number of aromatic nitrogens is 2. The fourth-order valence-electron chi connectivity index (χ4n) is 2.45. The molecular weight excluding hydrogens is 416 g/mol. The summed E-state index contributed by atoms with van der Waals surface area (Å²) in [6.07, 6.45) is 0. The van der Waals surface area contributed by atoms with Crippen molar-refractivity contribution in [2.75, 3.05) is 13.2 Å². The molecule has 142 valence electrons. The van der Waals surface area contributed by atoms with Gasteiger partial charge in [-0.2, -0.15) is 0 Å². The Morgan fingerprint density at radius 1 is 1.31 bits per heavy atom. The number of hydrogen-bond acceptors (Lipinski definition) is 5. The number of alkyl halides is 1. The molecule has 8 heteroatoms. The lowest BCUT2D eigenvalue weighted by atomic mass is 10.1. The van der Waals surface area contributed by atoms with Crippen LogP contribution in [0.5, 0.6) is 0 Å². The maximum absolute atomic E-state index is 13.1. The molecule has 1 heterocycles. The number of halogens is 1. The fraction of sp³-hybridized carbons (Fsp3) is 0.500. The van der Waals surface area contributed by atoms with Crippen LogP contribution in [0.25, 0.3) is 10.9 Å². The van der Waals surface area contributed by atoms with E-state index >= 15 is 0 Å². The van der Waals surface area contributed by atoms with Gasteiger partial charge in [0, 0.05) is 20.0 Å². The van der Waals surface area contributed by atoms with Gasteiger partial charge in [-0.05, 0) is 24.6 Å². The first-order chi connectivity index (χ1) is 12.3. The molecule has 6 nitrogen and oxygen atoms in total. The van der Waals surface area contributed by atoms with Crippen LogP contribution in [-0.4, -0.2) is 36.8 Å². The highest BCUT2D eigenvalue weighted by Gasteiger charge is 2.20. The van der Waals surface area contributed by atoms with Crippen LogP contribution in [0.3, 0.4) is 0 Å². The summed E-state index contributed by atoms with van der Waals surface area (Å²) in [5.74, 6) is -0.645.